The first kappa shape index (κ1) is 57.1. The van der Waals surface area contributed by atoms with Crippen molar-refractivity contribution in [2.45, 2.75) is 120 Å². The van der Waals surface area contributed by atoms with E-state index in [9.17, 15) is 83.1 Å². The molecule has 27 heteroatoms. The topological polar surface area (TPSA) is 439 Å². The van der Waals surface area contributed by atoms with Gasteiger partial charge in [-0.3, -0.25) is 47.9 Å². The fraction of sp³-hybridized carbons (Fsp3) is 0.538. The van der Waals surface area contributed by atoms with Crippen LogP contribution in [0.25, 0.3) is 0 Å². The van der Waals surface area contributed by atoms with Crippen LogP contribution in [-0.2, 0) is 63.2 Å². The molecule has 6 amide bonds. The van der Waals surface area contributed by atoms with Gasteiger partial charge in [0.15, 0.2) is 0 Å². The van der Waals surface area contributed by atoms with Gasteiger partial charge in [-0.25, -0.2) is 9.59 Å². The Labute approximate surface area is 382 Å². The zero-order chi connectivity index (χ0) is 50.4. The number of ether oxygens (including phenoxy) is 1. The van der Waals surface area contributed by atoms with Gasteiger partial charge >= 0.3 is 35.8 Å². The second kappa shape index (κ2) is 28.1. The van der Waals surface area contributed by atoms with E-state index < -0.39 is 151 Å². The Morgan fingerprint density at radius 2 is 1.00 bits per heavy atom. The van der Waals surface area contributed by atoms with Crippen LogP contribution >= 0.6 is 12.6 Å². The van der Waals surface area contributed by atoms with E-state index in [0.717, 1.165) is 12.5 Å². The predicted octanol–water partition coefficient (Wildman–Crippen LogP) is -3.33. The Bertz CT molecular complexity index is 1950. The summed E-state index contributed by atoms with van der Waals surface area (Å²) in [5.41, 5.74) is 12.0. The number of aliphatic carboxylic acids is 5. The van der Waals surface area contributed by atoms with Crippen molar-refractivity contribution < 1.29 is 87.8 Å². The number of esters is 1. The number of nitrogens with one attached hydrogen (secondary N) is 6. The SMILES string of the molecule is CC(C)[C@H](NC(=O)[C@H](CC(=O)O)NC(=O)[C@H](CC(=O)O)NC(=O)[C@H](CC(=O)O)NC(=O)c1ccc(CS)cc1)C(=O)N[C@@H](CC(=O)O)C(=O)O[C@H](C)[C@H](N)C(=O)N[C@@H](CCCCN)C(=O)O. The smallest absolute Gasteiger partial charge is 0.329 e. The Morgan fingerprint density at radius 3 is 1.42 bits per heavy atom. The van der Waals surface area contributed by atoms with Gasteiger partial charge in [-0.1, -0.05) is 26.0 Å². The van der Waals surface area contributed by atoms with Crippen molar-refractivity contribution in [1.29, 1.82) is 0 Å². The molecule has 0 spiro atoms. The number of hydrogen-bond acceptors (Lipinski definition) is 16. The van der Waals surface area contributed by atoms with E-state index in [4.69, 9.17) is 16.2 Å². The zero-order valence-electron chi connectivity index (χ0n) is 36.0. The summed E-state index contributed by atoms with van der Waals surface area (Å²) in [7, 11) is 0. The largest absolute Gasteiger partial charge is 0.481 e. The third-order valence-corrected chi connectivity index (χ3v) is 9.69. The van der Waals surface area contributed by atoms with E-state index in [1.54, 1.807) is 0 Å². The fourth-order valence-corrected chi connectivity index (χ4v) is 5.90. The molecule has 0 aliphatic carbocycles. The van der Waals surface area contributed by atoms with Crippen molar-refractivity contribution in [2.24, 2.45) is 17.4 Å². The summed E-state index contributed by atoms with van der Waals surface area (Å²) in [5, 5.41) is 60.0. The molecule has 15 N–H and O–H groups in total. The molecule has 66 heavy (non-hydrogen) atoms. The highest BCUT2D eigenvalue weighted by Crippen LogP contribution is 2.11. The monoisotopic (exact) mass is 956 g/mol. The lowest BCUT2D eigenvalue weighted by Crippen LogP contribution is -2.60. The molecule has 0 fully saturated rings. The van der Waals surface area contributed by atoms with Crippen LogP contribution in [0.4, 0.5) is 0 Å². The van der Waals surface area contributed by atoms with Crippen LogP contribution in [0.3, 0.4) is 0 Å². The molecule has 0 bridgehead atoms. The van der Waals surface area contributed by atoms with Crippen LogP contribution in [0.1, 0.15) is 81.6 Å². The third kappa shape index (κ3) is 20.3. The number of rotatable bonds is 30. The number of nitrogens with two attached hydrogens (primary N) is 2. The Balaban J connectivity index is 3.26. The van der Waals surface area contributed by atoms with Crippen molar-refractivity contribution in [3.8, 4) is 0 Å². The maximum atomic E-state index is 13.5. The van der Waals surface area contributed by atoms with E-state index >= 15 is 0 Å². The molecule has 1 aromatic carbocycles. The van der Waals surface area contributed by atoms with Crippen LogP contribution in [0.5, 0.6) is 0 Å². The zero-order valence-corrected chi connectivity index (χ0v) is 36.9. The summed E-state index contributed by atoms with van der Waals surface area (Å²) < 4.78 is 5.15. The van der Waals surface area contributed by atoms with E-state index in [1.807, 2.05) is 10.6 Å². The molecule has 0 saturated carbocycles. The Morgan fingerprint density at radius 1 is 0.576 bits per heavy atom. The summed E-state index contributed by atoms with van der Waals surface area (Å²) in [6, 6.07) is -7.09. The number of benzene rings is 1. The minimum atomic E-state index is -2.12. The quantitative estimate of drug-likeness (QED) is 0.0204. The van der Waals surface area contributed by atoms with Crippen LogP contribution < -0.4 is 43.4 Å². The highest BCUT2D eigenvalue weighted by Gasteiger charge is 2.37. The van der Waals surface area contributed by atoms with Gasteiger partial charge in [-0.05, 0) is 56.3 Å². The second-order valence-electron chi connectivity index (χ2n) is 15.0. The molecule has 366 valence electrons. The second-order valence-corrected chi connectivity index (χ2v) is 15.4. The standard InChI is InChI=1S/C39H56N8O18S/c1-17(2)31(37(61)46-25(15-29(54)55)39(64)65-18(3)30(41)36(60)42-21(38(62)63)6-4-5-11-40)47-35(59)24(14-28(52)53)45-34(58)23(13-27(50)51)44-33(57)22(12-26(48)49)43-32(56)20-9-7-19(16-66)8-10-20/h7-10,17-18,21-25,30-31,66H,4-6,11-16,40-41H2,1-3H3,(H,42,60)(H,43,56)(H,44,57)(H,45,58)(H,46,61)(H,47,59)(H,48,49)(H,50,51)(H,52,53)(H,54,55)(H,62,63)/t18-,21+,22+,23+,24+,25+,30+,31+/m1/s1. The molecular formula is C39H56N8O18S. The number of carbonyl (C=O) groups excluding carboxylic acids is 7. The fourth-order valence-electron chi connectivity index (χ4n) is 5.69. The van der Waals surface area contributed by atoms with Gasteiger partial charge in [0, 0.05) is 11.3 Å². The molecule has 1 aromatic rings. The average molecular weight is 957 g/mol. The van der Waals surface area contributed by atoms with Crippen molar-refractivity contribution in [2.75, 3.05) is 6.54 Å². The number of unbranched alkanes of at least 4 members (excludes halogenated alkanes) is 1. The van der Waals surface area contributed by atoms with Crippen molar-refractivity contribution >= 4 is 83.9 Å². The average Bonchev–Trinajstić information content (AvgIpc) is 3.22. The number of thiol groups is 1. The Hall–Kier alpha value is -6.87. The molecule has 0 heterocycles. The molecule has 8 atom stereocenters. The van der Waals surface area contributed by atoms with E-state index in [1.165, 1.54) is 38.1 Å². The maximum absolute atomic E-state index is 13.5. The molecule has 0 saturated heterocycles. The Kier molecular flexibility index (Phi) is 24.4. The molecule has 0 aliphatic heterocycles. The molecule has 0 aromatic heterocycles. The number of carboxylic acid groups (broad SMARTS) is 5. The molecule has 0 aliphatic rings. The third-order valence-electron chi connectivity index (χ3n) is 9.32. The van der Waals surface area contributed by atoms with Crippen LogP contribution in [0, 0.1) is 5.92 Å². The molecule has 0 radical (unpaired) electrons. The number of hydrogen-bond donors (Lipinski definition) is 14. The normalized spacial score (nSPS) is 14.5. The lowest BCUT2D eigenvalue weighted by atomic mass is 10.0. The minimum absolute atomic E-state index is 0.000828. The highest BCUT2D eigenvalue weighted by atomic mass is 32.1. The van der Waals surface area contributed by atoms with E-state index in [-0.39, 0.29) is 18.5 Å². The summed E-state index contributed by atoms with van der Waals surface area (Å²) in [4.78, 5) is 151. The molecular weight excluding hydrogens is 901 g/mol. The summed E-state index contributed by atoms with van der Waals surface area (Å²) in [6.07, 6.45) is -5.29. The van der Waals surface area contributed by atoms with Crippen molar-refractivity contribution in [1.82, 2.24) is 31.9 Å². The van der Waals surface area contributed by atoms with E-state index in [0.29, 0.717) is 18.6 Å². The predicted molar refractivity (Wildman–Crippen MR) is 228 cm³/mol. The molecule has 26 nitrogen and oxygen atoms in total. The highest BCUT2D eigenvalue weighted by molar-refractivity contribution is 7.79. The number of amides is 6. The number of carbonyl (C=O) groups is 12. The van der Waals surface area contributed by atoms with Gasteiger partial charge in [-0.2, -0.15) is 12.6 Å². The van der Waals surface area contributed by atoms with E-state index in [2.05, 4.69) is 33.9 Å². The summed E-state index contributed by atoms with van der Waals surface area (Å²) in [6.45, 7) is 4.13. The lowest BCUT2D eigenvalue weighted by Gasteiger charge is -2.28. The van der Waals surface area contributed by atoms with Gasteiger partial charge in [0.1, 0.15) is 48.4 Å². The molecule has 0 unspecified atom stereocenters. The van der Waals surface area contributed by atoms with Gasteiger partial charge in [0.2, 0.25) is 29.5 Å². The first-order chi connectivity index (χ1) is 30.8. The summed E-state index contributed by atoms with van der Waals surface area (Å²) >= 11 is 4.11. The van der Waals surface area contributed by atoms with Crippen molar-refractivity contribution in [3.63, 3.8) is 0 Å². The van der Waals surface area contributed by atoms with Gasteiger partial charge in [0.25, 0.3) is 5.91 Å². The van der Waals surface area contributed by atoms with Crippen LogP contribution in [0.2, 0.25) is 0 Å². The first-order valence-corrected chi connectivity index (χ1v) is 20.7. The minimum Gasteiger partial charge on any atom is -0.481 e. The van der Waals surface area contributed by atoms with Crippen LogP contribution in [0.15, 0.2) is 24.3 Å². The maximum Gasteiger partial charge on any atom is 0.329 e. The molecule has 1 rings (SSSR count). The summed E-state index contributed by atoms with van der Waals surface area (Å²) in [5.74, 6) is -17.5. The first-order valence-electron chi connectivity index (χ1n) is 20.1. The van der Waals surface area contributed by atoms with Gasteiger partial charge in [0.05, 0.1) is 25.7 Å². The van der Waals surface area contributed by atoms with Crippen molar-refractivity contribution in [3.05, 3.63) is 35.4 Å². The number of carboxylic acids is 5. The lowest BCUT2D eigenvalue weighted by molar-refractivity contribution is -0.157. The van der Waals surface area contributed by atoms with Gasteiger partial charge in [-0.15, -0.1) is 0 Å². The van der Waals surface area contributed by atoms with Crippen LogP contribution in [-0.4, -0.2) is 152 Å². The van der Waals surface area contributed by atoms with Gasteiger partial charge < -0.3 is 73.6 Å².